The summed E-state index contributed by atoms with van der Waals surface area (Å²) in [6.07, 6.45) is 1.64. The van der Waals surface area contributed by atoms with Crippen LogP contribution < -0.4 is 10.1 Å². The molecule has 2 aromatic rings. The number of carbonyl (C=O) groups excluding carboxylic acids is 1. The van der Waals surface area contributed by atoms with Gasteiger partial charge in [0.05, 0.1) is 6.42 Å². The largest absolute Gasteiger partial charge is 0.489 e. The standard InChI is InChI=1S/C21H25NO4/c1-16-7-2-3-9-18(16)15-26-19-10-6-8-17(13-19)14-20(23)22-12-5-4-11-21(24)25/h2-3,6-10,13H,4-5,11-12,14-15H2,1H3,(H,22,23)(H,24,25). The van der Waals surface area contributed by atoms with Crippen molar-refractivity contribution in [1.82, 2.24) is 5.32 Å². The van der Waals surface area contributed by atoms with Crippen LogP contribution in [0.25, 0.3) is 0 Å². The van der Waals surface area contributed by atoms with Crippen LogP contribution >= 0.6 is 0 Å². The monoisotopic (exact) mass is 355 g/mol. The van der Waals surface area contributed by atoms with Gasteiger partial charge in [-0.1, -0.05) is 36.4 Å². The molecule has 26 heavy (non-hydrogen) atoms. The van der Waals surface area contributed by atoms with E-state index in [9.17, 15) is 9.59 Å². The molecule has 0 radical (unpaired) electrons. The van der Waals surface area contributed by atoms with Gasteiger partial charge in [0.2, 0.25) is 5.91 Å². The van der Waals surface area contributed by atoms with E-state index in [0.29, 0.717) is 26.0 Å². The van der Waals surface area contributed by atoms with Crippen molar-refractivity contribution in [1.29, 1.82) is 0 Å². The molecule has 0 aliphatic heterocycles. The minimum atomic E-state index is -0.807. The second-order valence-corrected chi connectivity index (χ2v) is 6.24. The number of unbranched alkanes of at least 4 members (excludes halogenated alkanes) is 1. The predicted octanol–water partition coefficient (Wildman–Crippen LogP) is 3.49. The fraction of sp³-hybridized carbons (Fsp3) is 0.333. The molecule has 0 fully saturated rings. The number of carboxylic acid groups (broad SMARTS) is 1. The molecule has 0 aromatic heterocycles. The van der Waals surface area contributed by atoms with Crippen molar-refractivity contribution in [3.8, 4) is 5.75 Å². The van der Waals surface area contributed by atoms with Crippen molar-refractivity contribution >= 4 is 11.9 Å². The predicted molar refractivity (Wildman–Crippen MR) is 100 cm³/mol. The van der Waals surface area contributed by atoms with Crippen LogP contribution in [0.2, 0.25) is 0 Å². The van der Waals surface area contributed by atoms with Crippen LogP contribution in [0.1, 0.15) is 36.0 Å². The third-order valence-electron chi connectivity index (χ3n) is 4.06. The van der Waals surface area contributed by atoms with Crippen LogP contribution in [0.5, 0.6) is 5.75 Å². The van der Waals surface area contributed by atoms with Gasteiger partial charge in [0.15, 0.2) is 0 Å². The van der Waals surface area contributed by atoms with E-state index in [2.05, 4.69) is 18.3 Å². The molecule has 0 heterocycles. The smallest absolute Gasteiger partial charge is 0.303 e. The summed E-state index contributed by atoms with van der Waals surface area (Å²) in [5, 5.41) is 11.4. The molecule has 0 spiro atoms. The lowest BCUT2D eigenvalue weighted by Crippen LogP contribution is -2.26. The van der Waals surface area contributed by atoms with Gasteiger partial charge < -0.3 is 15.2 Å². The first-order chi connectivity index (χ1) is 12.5. The Balaban J connectivity index is 1.78. The summed E-state index contributed by atoms with van der Waals surface area (Å²) < 4.78 is 5.84. The van der Waals surface area contributed by atoms with E-state index in [0.717, 1.165) is 16.9 Å². The normalized spacial score (nSPS) is 10.3. The first-order valence-electron chi connectivity index (χ1n) is 8.79. The number of amides is 1. The second kappa shape index (κ2) is 10.2. The van der Waals surface area contributed by atoms with Crippen LogP contribution in [0, 0.1) is 6.92 Å². The van der Waals surface area contributed by atoms with Gasteiger partial charge in [-0.15, -0.1) is 0 Å². The van der Waals surface area contributed by atoms with E-state index in [-0.39, 0.29) is 18.7 Å². The molecule has 0 aliphatic rings. The van der Waals surface area contributed by atoms with Crippen LogP contribution in [-0.2, 0) is 22.6 Å². The van der Waals surface area contributed by atoms with Crippen molar-refractivity contribution < 1.29 is 19.4 Å². The number of nitrogens with one attached hydrogen (secondary N) is 1. The molecule has 138 valence electrons. The Kier molecular flexibility index (Phi) is 7.68. The number of ether oxygens (including phenoxy) is 1. The fourth-order valence-electron chi connectivity index (χ4n) is 2.56. The third kappa shape index (κ3) is 6.97. The van der Waals surface area contributed by atoms with Crippen molar-refractivity contribution in [2.45, 2.75) is 39.2 Å². The van der Waals surface area contributed by atoms with Gasteiger partial charge in [0.25, 0.3) is 0 Å². The highest BCUT2D eigenvalue weighted by molar-refractivity contribution is 5.78. The Morgan fingerprint density at radius 2 is 1.88 bits per heavy atom. The summed E-state index contributed by atoms with van der Waals surface area (Å²) in [6, 6.07) is 15.6. The Morgan fingerprint density at radius 1 is 1.08 bits per heavy atom. The maximum atomic E-state index is 12.0. The molecule has 0 aliphatic carbocycles. The molecule has 2 N–H and O–H groups in total. The number of aryl methyl sites for hydroxylation is 1. The minimum absolute atomic E-state index is 0.0728. The fourth-order valence-corrected chi connectivity index (χ4v) is 2.56. The lowest BCUT2D eigenvalue weighted by Gasteiger charge is -2.10. The zero-order valence-electron chi connectivity index (χ0n) is 15.0. The summed E-state index contributed by atoms with van der Waals surface area (Å²) in [4.78, 5) is 22.4. The molecule has 5 nitrogen and oxygen atoms in total. The number of aliphatic carboxylic acids is 1. The number of carbonyl (C=O) groups is 2. The number of rotatable bonds is 10. The highest BCUT2D eigenvalue weighted by Gasteiger charge is 2.05. The molecule has 1 amide bonds. The molecule has 2 aromatic carbocycles. The summed E-state index contributed by atoms with van der Waals surface area (Å²) in [5.74, 6) is -0.143. The van der Waals surface area contributed by atoms with E-state index in [1.165, 1.54) is 5.56 Å². The minimum Gasteiger partial charge on any atom is -0.489 e. The second-order valence-electron chi connectivity index (χ2n) is 6.24. The van der Waals surface area contributed by atoms with Gasteiger partial charge in [-0.3, -0.25) is 9.59 Å². The molecular weight excluding hydrogens is 330 g/mol. The molecule has 0 atom stereocenters. The summed E-state index contributed by atoms with van der Waals surface area (Å²) in [5.41, 5.74) is 3.21. The zero-order chi connectivity index (χ0) is 18.8. The Bertz CT molecular complexity index is 742. The van der Waals surface area contributed by atoms with Gasteiger partial charge in [0.1, 0.15) is 12.4 Å². The van der Waals surface area contributed by atoms with Crippen molar-refractivity contribution in [3.63, 3.8) is 0 Å². The van der Waals surface area contributed by atoms with E-state index >= 15 is 0 Å². The quantitative estimate of drug-likeness (QED) is 0.640. The molecule has 0 unspecified atom stereocenters. The Morgan fingerprint density at radius 3 is 2.65 bits per heavy atom. The highest BCUT2D eigenvalue weighted by atomic mass is 16.5. The number of hydrogen-bond donors (Lipinski definition) is 2. The lowest BCUT2D eigenvalue weighted by molar-refractivity contribution is -0.137. The molecule has 0 saturated heterocycles. The SMILES string of the molecule is Cc1ccccc1COc1cccc(CC(=O)NCCCCC(=O)O)c1. The average molecular weight is 355 g/mol. The van der Waals surface area contributed by atoms with E-state index in [1.54, 1.807) is 0 Å². The zero-order valence-corrected chi connectivity index (χ0v) is 15.0. The van der Waals surface area contributed by atoms with Crippen LogP contribution in [-0.4, -0.2) is 23.5 Å². The van der Waals surface area contributed by atoms with Crippen molar-refractivity contribution in [2.75, 3.05) is 6.54 Å². The number of carboxylic acids is 1. The summed E-state index contributed by atoms with van der Waals surface area (Å²) in [6.45, 7) is 3.04. The number of benzene rings is 2. The highest BCUT2D eigenvalue weighted by Crippen LogP contribution is 2.17. The first kappa shape index (κ1) is 19.5. The lowest BCUT2D eigenvalue weighted by atomic mass is 10.1. The van der Waals surface area contributed by atoms with Crippen LogP contribution in [0.4, 0.5) is 0 Å². The topological polar surface area (TPSA) is 75.6 Å². The molecule has 2 rings (SSSR count). The maximum Gasteiger partial charge on any atom is 0.303 e. The van der Waals surface area contributed by atoms with Crippen LogP contribution in [0.15, 0.2) is 48.5 Å². The van der Waals surface area contributed by atoms with E-state index in [1.807, 2.05) is 42.5 Å². The van der Waals surface area contributed by atoms with E-state index < -0.39 is 5.97 Å². The maximum absolute atomic E-state index is 12.0. The van der Waals surface area contributed by atoms with Crippen molar-refractivity contribution in [3.05, 3.63) is 65.2 Å². The van der Waals surface area contributed by atoms with Gasteiger partial charge in [-0.25, -0.2) is 0 Å². The number of hydrogen-bond acceptors (Lipinski definition) is 3. The van der Waals surface area contributed by atoms with Gasteiger partial charge in [-0.05, 0) is 48.6 Å². The Hall–Kier alpha value is -2.82. The molecule has 0 bridgehead atoms. The third-order valence-corrected chi connectivity index (χ3v) is 4.06. The van der Waals surface area contributed by atoms with Gasteiger partial charge in [-0.2, -0.15) is 0 Å². The average Bonchev–Trinajstić information content (AvgIpc) is 2.61. The summed E-state index contributed by atoms with van der Waals surface area (Å²) >= 11 is 0. The van der Waals surface area contributed by atoms with E-state index in [4.69, 9.17) is 9.84 Å². The first-order valence-corrected chi connectivity index (χ1v) is 8.79. The van der Waals surface area contributed by atoms with Gasteiger partial charge >= 0.3 is 5.97 Å². The molecule has 0 saturated carbocycles. The summed E-state index contributed by atoms with van der Waals surface area (Å²) in [7, 11) is 0. The van der Waals surface area contributed by atoms with Crippen LogP contribution in [0.3, 0.4) is 0 Å². The van der Waals surface area contributed by atoms with Crippen molar-refractivity contribution in [2.24, 2.45) is 0 Å². The molecular formula is C21H25NO4. The van der Waals surface area contributed by atoms with Gasteiger partial charge in [0, 0.05) is 13.0 Å². The molecule has 5 heteroatoms. The Labute approximate surface area is 154 Å².